The number of piperidine rings is 1. The summed E-state index contributed by atoms with van der Waals surface area (Å²) >= 11 is 0. The van der Waals surface area contributed by atoms with Crippen LogP contribution in [0.5, 0.6) is 0 Å². The van der Waals surface area contributed by atoms with E-state index in [1.807, 2.05) is 54.9 Å². The lowest BCUT2D eigenvalue weighted by Crippen LogP contribution is -2.60. The maximum Gasteiger partial charge on any atom is 0.218 e. The molecule has 150 valence electrons. The minimum Gasteiger partial charge on any atom is -0.378 e. The summed E-state index contributed by atoms with van der Waals surface area (Å²) in [6.07, 6.45) is 5.52. The molecule has 1 aromatic heterocycles. The van der Waals surface area contributed by atoms with Crippen LogP contribution in [0, 0.1) is 0 Å². The van der Waals surface area contributed by atoms with E-state index in [1.165, 1.54) is 5.56 Å². The highest BCUT2D eigenvalue weighted by atomic mass is 32.2. The van der Waals surface area contributed by atoms with Gasteiger partial charge in [0.25, 0.3) is 0 Å². The zero-order valence-electron chi connectivity index (χ0n) is 16.1. The Balaban J connectivity index is 1.39. The average Bonchev–Trinajstić information content (AvgIpc) is 2.69. The van der Waals surface area contributed by atoms with Gasteiger partial charge in [-0.05, 0) is 36.1 Å². The molecule has 0 aliphatic carbocycles. The van der Waals surface area contributed by atoms with Gasteiger partial charge in [0.1, 0.15) is 0 Å². The Bertz CT molecular complexity index is 868. The first-order chi connectivity index (χ1) is 13.6. The fraction of sp³-hybridized carbons (Fsp3) is 0.476. The maximum absolute atomic E-state index is 12.8. The van der Waals surface area contributed by atoms with Crippen LogP contribution in [0.1, 0.15) is 30.0 Å². The van der Waals surface area contributed by atoms with Crippen LogP contribution in [0.4, 0.5) is 0 Å². The molecule has 7 heteroatoms. The van der Waals surface area contributed by atoms with E-state index in [-0.39, 0.29) is 17.9 Å². The fourth-order valence-corrected chi connectivity index (χ4v) is 5.93. The van der Waals surface area contributed by atoms with Crippen molar-refractivity contribution in [2.75, 3.05) is 26.7 Å². The number of methoxy groups -OCH3 is 1. The molecule has 0 amide bonds. The molecule has 0 N–H and O–H groups in total. The minimum absolute atomic E-state index is 0.0770. The van der Waals surface area contributed by atoms with Crippen molar-refractivity contribution in [2.24, 2.45) is 0 Å². The number of aromatic nitrogens is 1. The first-order valence-corrected chi connectivity index (χ1v) is 11.4. The third-order valence-corrected chi connectivity index (χ3v) is 7.78. The van der Waals surface area contributed by atoms with Gasteiger partial charge in [-0.3, -0.25) is 9.88 Å². The van der Waals surface area contributed by atoms with Gasteiger partial charge in [-0.25, -0.2) is 12.7 Å². The number of likely N-dealkylation sites (tertiary alicyclic amines) is 1. The predicted molar refractivity (Wildman–Crippen MR) is 108 cm³/mol. The second kappa shape index (κ2) is 8.29. The monoisotopic (exact) mass is 401 g/mol. The summed E-state index contributed by atoms with van der Waals surface area (Å²) in [7, 11) is -1.51. The molecule has 0 bridgehead atoms. The van der Waals surface area contributed by atoms with Crippen LogP contribution < -0.4 is 0 Å². The van der Waals surface area contributed by atoms with Crippen molar-refractivity contribution in [2.45, 2.75) is 36.8 Å². The van der Waals surface area contributed by atoms with Crippen LogP contribution in [0.3, 0.4) is 0 Å². The SMILES string of the molecule is CO[C@H]1CN(C2CCN(S(=O)(=O)Cc3ccccc3)CC2)[C@H]1c1ccncc1. The molecule has 4 rings (SSSR count). The average molecular weight is 402 g/mol. The summed E-state index contributed by atoms with van der Waals surface area (Å²) in [5, 5.41) is 0. The second-order valence-electron chi connectivity index (χ2n) is 7.57. The summed E-state index contributed by atoms with van der Waals surface area (Å²) < 4.78 is 32.9. The van der Waals surface area contributed by atoms with Gasteiger partial charge < -0.3 is 4.74 Å². The van der Waals surface area contributed by atoms with Crippen molar-refractivity contribution in [3.63, 3.8) is 0 Å². The Morgan fingerprint density at radius 3 is 2.39 bits per heavy atom. The van der Waals surface area contributed by atoms with Gasteiger partial charge in [0.2, 0.25) is 10.0 Å². The normalized spacial score (nSPS) is 24.8. The van der Waals surface area contributed by atoms with E-state index in [9.17, 15) is 8.42 Å². The molecular formula is C21H27N3O3S. The Kier molecular flexibility index (Phi) is 5.78. The number of hydrogen-bond acceptors (Lipinski definition) is 5. The molecule has 1 aromatic carbocycles. The molecule has 2 atom stereocenters. The summed E-state index contributed by atoms with van der Waals surface area (Å²) in [6, 6.07) is 14.1. The van der Waals surface area contributed by atoms with E-state index in [0.29, 0.717) is 19.1 Å². The third kappa shape index (κ3) is 3.98. The summed E-state index contributed by atoms with van der Waals surface area (Å²) in [5.41, 5.74) is 2.06. The molecule has 0 unspecified atom stereocenters. The zero-order chi connectivity index (χ0) is 19.6. The molecular weight excluding hydrogens is 374 g/mol. The summed E-state index contributed by atoms with van der Waals surface area (Å²) in [6.45, 7) is 2.05. The molecule has 2 aromatic rings. The van der Waals surface area contributed by atoms with E-state index in [2.05, 4.69) is 9.88 Å². The summed E-state index contributed by atoms with van der Waals surface area (Å²) in [4.78, 5) is 6.58. The Labute approximate surface area is 167 Å². The van der Waals surface area contributed by atoms with Crippen molar-refractivity contribution in [3.05, 3.63) is 66.0 Å². The first kappa shape index (κ1) is 19.5. The quantitative estimate of drug-likeness (QED) is 0.744. The van der Waals surface area contributed by atoms with Crippen LogP contribution in [0.2, 0.25) is 0 Å². The van der Waals surface area contributed by atoms with Gasteiger partial charge in [0.05, 0.1) is 17.9 Å². The molecule has 0 spiro atoms. The second-order valence-corrected chi connectivity index (χ2v) is 9.54. The number of hydrogen-bond donors (Lipinski definition) is 0. The topological polar surface area (TPSA) is 62.7 Å². The van der Waals surface area contributed by atoms with Gasteiger partial charge in [-0.15, -0.1) is 0 Å². The van der Waals surface area contributed by atoms with Crippen LogP contribution in [-0.4, -0.2) is 61.5 Å². The van der Waals surface area contributed by atoms with E-state index in [0.717, 1.165) is 24.9 Å². The third-order valence-electron chi connectivity index (χ3n) is 5.93. The first-order valence-electron chi connectivity index (χ1n) is 9.79. The summed E-state index contributed by atoms with van der Waals surface area (Å²) in [5.74, 6) is 0.0770. The van der Waals surface area contributed by atoms with Crippen molar-refractivity contribution in [3.8, 4) is 0 Å². The highest BCUT2D eigenvalue weighted by Crippen LogP contribution is 2.39. The molecule has 2 aliphatic heterocycles. The number of sulfonamides is 1. The number of rotatable bonds is 6. The Morgan fingerprint density at radius 1 is 1.07 bits per heavy atom. The van der Waals surface area contributed by atoms with Crippen LogP contribution >= 0.6 is 0 Å². The Morgan fingerprint density at radius 2 is 1.75 bits per heavy atom. The lowest BCUT2D eigenvalue weighted by Gasteiger charge is -2.52. The van der Waals surface area contributed by atoms with Gasteiger partial charge >= 0.3 is 0 Å². The molecule has 6 nitrogen and oxygen atoms in total. The van der Waals surface area contributed by atoms with Crippen molar-refractivity contribution < 1.29 is 13.2 Å². The number of pyridine rings is 1. The van der Waals surface area contributed by atoms with E-state index >= 15 is 0 Å². The van der Waals surface area contributed by atoms with Gasteiger partial charge in [0.15, 0.2) is 0 Å². The molecule has 0 saturated carbocycles. The van der Waals surface area contributed by atoms with E-state index in [1.54, 1.807) is 11.4 Å². The largest absolute Gasteiger partial charge is 0.378 e. The lowest BCUT2D eigenvalue weighted by atomic mass is 9.87. The van der Waals surface area contributed by atoms with Gasteiger partial charge in [0, 0.05) is 45.2 Å². The predicted octanol–water partition coefficient (Wildman–Crippen LogP) is 2.45. The van der Waals surface area contributed by atoms with Crippen LogP contribution in [0.25, 0.3) is 0 Å². The standard InChI is InChI=1S/C21H27N3O3S/c1-27-20-15-24(21(20)18-7-11-22-12-8-18)19-9-13-23(14-10-19)28(25,26)16-17-5-3-2-4-6-17/h2-8,11-12,19-21H,9-10,13-16H2,1H3/t20-,21-/m0/s1. The van der Waals surface area contributed by atoms with E-state index < -0.39 is 10.0 Å². The smallest absolute Gasteiger partial charge is 0.218 e. The number of benzene rings is 1. The highest BCUT2D eigenvalue weighted by Gasteiger charge is 2.45. The molecule has 2 saturated heterocycles. The molecule has 2 aliphatic rings. The highest BCUT2D eigenvalue weighted by molar-refractivity contribution is 7.88. The lowest BCUT2D eigenvalue weighted by molar-refractivity contribution is -0.114. The van der Waals surface area contributed by atoms with Crippen molar-refractivity contribution in [1.82, 2.24) is 14.2 Å². The molecule has 2 fully saturated rings. The molecule has 28 heavy (non-hydrogen) atoms. The minimum atomic E-state index is -3.27. The number of ether oxygens (including phenoxy) is 1. The Hall–Kier alpha value is -1.80. The number of nitrogens with zero attached hydrogens (tertiary/aromatic N) is 3. The molecule has 0 radical (unpaired) electrons. The van der Waals surface area contributed by atoms with Gasteiger partial charge in [-0.2, -0.15) is 0 Å². The van der Waals surface area contributed by atoms with E-state index in [4.69, 9.17) is 4.74 Å². The fourth-order valence-electron chi connectivity index (χ4n) is 4.37. The van der Waals surface area contributed by atoms with Crippen LogP contribution in [-0.2, 0) is 20.5 Å². The van der Waals surface area contributed by atoms with Crippen LogP contribution in [0.15, 0.2) is 54.9 Å². The van der Waals surface area contributed by atoms with Gasteiger partial charge in [-0.1, -0.05) is 30.3 Å². The van der Waals surface area contributed by atoms with Crippen molar-refractivity contribution in [1.29, 1.82) is 0 Å². The molecule has 3 heterocycles. The maximum atomic E-state index is 12.8. The zero-order valence-corrected chi connectivity index (χ0v) is 17.0. The van der Waals surface area contributed by atoms with Crippen molar-refractivity contribution >= 4 is 10.0 Å².